The summed E-state index contributed by atoms with van der Waals surface area (Å²) < 4.78 is 11.3. The number of rotatable bonds is 4. The average Bonchev–Trinajstić information content (AvgIpc) is 3.30. The monoisotopic (exact) mass is 383 g/mol. The van der Waals surface area contributed by atoms with Crippen LogP contribution in [0.5, 0.6) is 0 Å². The molecule has 2 aromatic rings. The molecule has 144 valence electrons. The number of ether oxygens (including phenoxy) is 1. The Labute approximate surface area is 160 Å². The molecule has 0 amide bonds. The maximum atomic E-state index is 11.7. The molecule has 1 aromatic carbocycles. The molecular formula is C19H17N3O6. The van der Waals surface area contributed by atoms with Crippen molar-refractivity contribution in [2.24, 2.45) is 5.16 Å². The fraction of sp³-hybridized carbons (Fsp3) is 0.263. The second-order valence-corrected chi connectivity index (χ2v) is 6.37. The standard InChI is InChI=1S/C19H17N3O6/c1-12-15(19(23)28-20-12)11-14-3-5-18(27-14)16-10-13(22(24)25)2-4-17(16)21-6-8-26-9-7-21/h2-5,10-11H,6-9H2,1H3/b15-11-. The second kappa shape index (κ2) is 7.28. The number of benzene rings is 1. The molecule has 2 aliphatic heterocycles. The van der Waals surface area contributed by atoms with E-state index in [2.05, 4.69) is 14.9 Å². The molecule has 1 saturated heterocycles. The van der Waals surface area contributed by atoms with Crippen LogP contribution in [0, 0.1) is 10.1 Å². The number of nitro groups is 1. The molecule has 9 nitrogen and oxygen atoms in total. The summed E-state index contributed by atoms with van der Waals surface area (Å²) in [6.07, 6.45) is 1.55. The van der Waals surface area contributed by atoms with Gasteiger partial charge in [-0.2, -0.15) is 0 Å². The summed E-state index contributed by atoms with van der Waals surface area (Å²) in [6.45, 7) is 4.21. The molecule has 0 atom stereocenters. The first kappa shape index (κ1) is 17.9. The van der Waals surface area contributed by atoms with Crippen LogP contribution in [0.1, 0.15) is 12.7 Å². The molecule has 1 fully saturated rings. The lowest BCUT2D eigenvalue weighted by atomic mass is 10.1. The molecule has 0 unspecified atom stereocenters. The minimum atomic E-state index is -0.542. The van der Waals surface area contributed by atoms with E-state index in [1.54, 1.807) is 31.2 Å². The molecule has 3 heterocycles. The van der Waals surface area contributed by atoms with E-state index in [1.807, 2.05) is 0 Å². The van der Waals surface area contributed by atoms with Crippen molar-refractivity contribution in [2.45, 2.75) is 6.92 Å². The van der Waals surface area contributed by atoms with E-state index in [4.69, 9.17) is 9.15 Å². The Kier molecular flexibility index (Phi) is 4.66. The molecule has 0 N–H and O–H groups in total. The fourth-order valence-corrected chi connectivity index (χ4v) is 3.15. The number of anilines is 1. The molecule has 0 spiro atoms. The minimum absolute atomic E-state index is 0.0225. The quantitative estimate of drug-likeness (QED) is 0.346. The average molecular weight is 383 g/mol. The predicted molar refractivity (Wildman–Crippen MR) is 101 cm³/mol. The summed E-state index contributed by atoms with van der Waals surface area (Å²) in [5.74, 6) is 0.357. The maximum absolute atomic E-state index is 11.7. The van der Waals surface area contributed by atoms with Crippen LogP contribution in [0.4, 0.5) is 11.4 Å². The van der Waals surface area contributed by atoms with Crippen molar-refractivity contribution in [1.82, 2.24) is 0 Å². The summed E-state index contributed by atoms with van der Waals surface area (Å²) in [6, 6.07) is 8.13. The number of nitro benzene ring substituents is 1. The third kappa shape index (κ3) is 3.39. The van der Waals surface area contributed by atoms with Crippen LogP contribution >= 0.6 is 0 Å². The number of hydrogen-bond acceptors (Lipinski definition) is 8. The van der Waals surface area contributed by atoms with Gasteiger partial charge in [-0.1, -0.05) is 5.16 Å². The lowest BCUT2D eigenvalue weighted by molar-refractivity contribution is -0.384. The van der Waals surface area contributed by atoms with Crippen LogP contribution in [0.3, 0.4) is 0 Å². The highest BCUT2D eigenvalue weighted by Gasteiger charge is 2.24. The minimum Gasteiger partial charge on any atom is -0.457 e. The first-order valence-electron chi connectivity index (χ1n) is 8.72. The molecule has 2 aliphatic rings. The third-order valence-corrected chi connectivity index (χ3v) is 4.60. The van der Waals surface area contributed by atoms with Crippen molar-refractivity contribution < 1.29 is 23.7 Å². The topological polar surface area (TPSA) is 107 Å². The molecule has 4 rings (SSSR count). The Balaban J connectivity index is 1.73. The smallest absolute Gasteiger partial charge is 0.367 e. The van der Waals surface area contributed by atoms with Gasteiger partial charge in [0.25, 0.3) is 5.69 Å². The van der Waals surface area contributed by atoms with Crippen LogP contribution in [-0.4, -0.2) is 42.9 Å². The summed E-state index contributed by atoms with van der Waals surface area (Å²) in [5.41, 5.74) is 2.20. The zero-order valence-corrected chi connectivity index (χ0v) is 15.1. The van der Waals surface area contributed by atoms with Gasteiger partial charge >= 0.3 is 5.97 Å². The Hall–Kier alpha value is -3.46. The lowest BCUT2D eigenvalue weighted by Gasteiger charge is -2.30. The van der Waals surface area contributed by atoms with Crippen molar-refractivity contribution in [2.75, 3.05) is 31.2 Å². The van der Waals surface area contributed by atoms with Gasteiger partial charge in [-0.15, -0.1) is 0 Å². The number of oxime groups is 1. The predicted octanol–water partition coefficient (Wildman–Crippen LogP) is 3.01. The largest absolute Gasteiger partial charge is 0.457 e. The first-order valence-corrected chi connectivity index (χ1v) is 8.72. The lowest BCUT2D eigenvalue weighted by Crippen LogP contribution is -2.36. The Morgan fingerprint density at radius 2 is 2.00 bits per heavy atom. The van der Waals surface area contributed by atoms with Crippen molar-refractivity contribution in [3.05, 3.63) is 51.8 Å². The van der Waals surface area contributed by atoms with Gasteiger partial charge in [0.2, 0.25) is 0 Å². The van der Waals surface area contributed by atoms with Crippen molar-refractivity contribution in [3.8, 4) is 11.3 Å². The molecule has 0 bridgehead atoms. The second-order valence-electron chi connectivity index (χ2n) is 6.37. The van der Waals surface area contributed by atoms with Gasteiger partial charge in [-0.3, -0.25) is 10.1 Å². The highest BCUT2D eigenvalue weighted by atomic mass is 16.7. The zero-order chi connectivity index (χ0) is 19.7. The van der Waals surface area contributed by atoms with Gasteiger partial charge in [-0.25, -0.2) is 4.79 Å². The molecular weight excluding hydrogens is 366 g/mol. The van der Waals surface area contributed by atoms with E-state index in [0.29, 0.717) is 54.7 Å². The summed E-state index contributed by atoms with van der Waals surface area (Å²) in [7, 11) is 0. The number of non-ortho nitro benzene ring substituents is 1. The van der Waals surface area contributed by atoms with E-state index < -0.39 is 10.9 Å². The van der Waals surface area contributed by atoms with Gasteiger partial charge in [0.05, 0.1) is 29.4 Å². The molecule has 9 heteroatoms. The third-order valence-electron chi connectivity index (χ3n) is 4.60. The Morgan fingerprint density at radius 1 is 1.21 bits per heavy atom. The number of morpholine rings is 1. The zero-order valence-electron chi connectivity index (χ0n) is 15.1. The molecule has 0 aliphatic carbocycles. The van der Waals surface area contributed by atoms with Crippen LogP contribution in [0.2, 0.25) is 0 Å². The van der Waals surface area contributed by atoms with Crippen LogP contribution in [0.25, 0.3) is 17.4 Å². The fourth-order valence-electron chi connectivity index (χ4n) is 3.15. The van der Waals surface area contributed by atoms with Crippen LogP contribution in [0.15, 0.2) is 45.5 Å². The summed E-state index contributed by atoms with van der Waals surface area (Å²) in [4.78, 5) is 29.2. The van der Waals surface area contributed by atoms with E-state index in [0.717, 1.165) is 5.69 Å². The van der Waals surface area contributed by atoms with E-state index in [-0.39, 0.29) is 5.69 Å². The van der Waals surface area contributed by atoms with Crippen molar-refractivity contribution >= 4 is 29.1 Å². The van der Waals surface area contributed by atoms with Crippen molar-refractivity contribution in [3.63, 3.8) is 0 Å². The number of nitrogens with zero attached hydrogens (tertiary/aromatic N) is 3. The van der Waals surface area contributed by atoms with Crippen LogP contribution in [-0.2, 0) is 14.4 Å². The highest BCUT2D eigenvalue weighted by molar-refractivity contribution is 6.24. The van der Waals surface area contributed by atoms with E-state index in [1.165, 1.54) is 12.1 Å². The maximum Gasteiger partial charge on any atom is 0.367 e. The molecule has 0 saturated carbocycles. The molecule has 0 radical (unpaired) electrons. The molecule has 1 aromatic heterocycles. The van der Waals surface area contributed by atoms with E-state index >= 15 is 0 Å². The molecule has 28 heavy (non-hydrogen) atoms. The van der Waals surface area contributed by atoms with E-state index in [9.17, 15) is 14.9 Å². The normalized spacial score (nSPS) is 18.3. The number of carbonyl (C=O) groups excluding carboxylic acids is 1. The highest BCUT2D eigenvalue weighted by Crippen LogP contribution is 2.36. The van der Waals surface area contributed by atoms with Gasteiger partial charge in [0.1, 0.15) is 11.5 Å². The number of furan rings is 1. The van der Waals surface area contributed by atoms with Gasteiger partial charge in [-0.05, 0) is 31.2 Å². The summed E-state index contributed by atoms with van der Waals surface area (Å²) >= 11 is 0. The van der Waals surface area contributed by atoms with Gasteiger partial charge in [0.15, 0.2) is 0 Å². The SMILES string of the molecule is CC1=NOC(=O)/C1=C\c1ccc(-c2cc([N+](=O)[O-])ccc2N2CCOCC2)o1. The van der Waals surface area contributed by atoms with Crippen molar-refractivity contribution in [1.29, 1.82) is 0 Å². The Morgan fingerprint density at radius 3 is 2.68 bits per heavy atom. The van der Waals surface area contributed by atoms with Gasteiger partial charge in [0, 0.05) is 36.5 Å². The first-order chi connectivity index (χ1) is 13.5. The van der Waals surface area contributed by atoms with Gasteiger partial charge < -0.3 is 18.9 Å². The number of carbonyl (C=O) groups is 1. The van der Waals surface area contributed by atoms with Crippen LogP contribution < -0.4 is 4.90 Å². The summed E-state index contributed by atoms with van der Waals surface area (Å²) in [5, 5.41) is 14.9. The number of hydrogen-bond donors (Lipinski definition) is 0. The Bertz CT molecular complexity index is 1000.